The SMILES string of the molecule is CCC(CC)NC(=O)Nc1cc(F)cc(F)c1. The molecular formula is C12H16F2N2O. The molecule has 1 aromatic rings. The van der Waals surface area contributed by atoms with E-state index in [-0.39, 0.29) is 11.7 Å². The molecule has 3 nitrogen and oxygen atoms in total. The molecule has 2 N–H and O–H groups in total. The lowest BCUT2D eigenvalue weighted by atomic mass is 10.2. The molecule has 0 aromatic heterocycles. The molecule has 2 amide bonds. The second-order valence-electron chi connectivity index (χ2n) is 3.77. The average Bonchev–Trinajstić information content (AvgIpc) is 2.24. The predicted octanol–water partition coefficient (Wildman–Crippen LogP) is 3.27. The Morgan fingerprint density at radius 3 is 2.18 bits per heavy atom. The molecule has 0 saturated heterocycles. The second-order valence-corrected chi connectivity index (χ2v) is 3.77. The quantitative estimate of drug-likeness (QED) is 0.835. The lowest BCUT2D eigenvalue weighted by Gasteiger charge is -2.15. The molecule has 0 spiro atoms. The van der Waals surface area contributed by atoms with E-state index >= 15 is 0 Å². The highest BCUT2D eigenvalue weighted by atomic mass is 19.1. The third kappa shape index (κ3) is 4.38. The number of hydrogen-bond acceptors (Lipinski definition) is 1. The predicted molar refractivity (Wildman–Crippen MR) is 62.9 cm³/mol. The van der Waals surface area contributed by atoms with Crippen LogP contribution in [0.5, 0.6) is 0 Å². The highest BCUT2D eigenvalue weighted by Crippen LogP contribution is 2.12. The van der Waals surface area contributed by atoms with Gasteiger partial charge in [0, 0.05) is 17.8 Å². The maximum Gasteiger partial charge on any atom is 0.319 e. The molecule has 17 heavy (non-hydrogen) atoms. The van der Waals surface area contributed by atoms with E-state index < -0.39 is 17.7 Å². The van der Waals surface area contributed by atoms with Crippen molar-refractivity contribution in [2.45, 2.75) is 32.7 Å². The molecule has 0 bridgehead atoms. The molecule has 0 aliphatic rings. The van der Waals surface area contributed by atoms with Gasteiger partial charge >= 0.3 is 6.03 Å². The fourth-order valence-electron chi connectivity index (χ4n) is 1.47. The first-order chi connectivity index (χ1) is 8.05. The number of nitrogens with one attached hydrogen (secondary N) is 2. The first-order valence-electron chi connectivity index (χ1n) is 5.58. The lowest BCUT2D eigenvalue weighted by Crippen LogP contribution is -2.37. The van der Waals surface area contributed by atoms with Crippen molar-refractivity contribution < 1.29 is 13.6 Å². The summed E-state index contributed by atoms with van der Waals surface area (Å²) in [5, 5.41) is 5.10. The van der Waals surface area contributed by atoms with Gasteiger partial charge in [-0.25, -0.2) is 13.6 Å². The van der Waals surface area contributed by atoms with Gasteiger partial charge in [-0.3, -0.25) is 0 Å². The minimum absolute atomic E-state index is 0.0633. The van der Waals surface area contributed by atoms with E-state index in [0.717, 1.165) is 31.0 Å². The number of halogens is 2. The Kier molecular flexibility index (Phi) is 4.87. The summed E-state index contributed by atoms with van der Waals surface area (Å²) in [5.41, 5.74) is 0.103. The van der Waals surface area contributed by atoms with Crippen LogP contribution < -0.4 is 10.6 Å². The Morgan fingerprint density at radius 1 is 1.18 bits per heavy atom. The fraction of sp³-hybridized carbons (Fsp3) is 0.417. The molecule has 1 aromatic carbocycles. The van der Waals surface area contributed by atoms with E-state index in [9.17, 15) is 13.6 Å². The van der Waals surface area contributed by atoms with Crippen LogP contribution in [0.1, 0.15) is 26.7 Å². The molecular weight excluding hydrogens is 226 g/mol. The number of rotatable bonds is 4. The van der Waals surface area contributed by atoms with Gasteiger partial charge in [-0.15, -0.1) is 0 Å². The standard InChI is InChI=1S/C12H16F2N2O/c1-3-10(4-2)15-12(17)16-11-6-8(13)5-9(14)7-11/h5-7,10H,3-4H2,1-2H3,(H2,15,16,17). The molecule has 0 heterocycles. The molecule has 0 aliphatic heterocycles. The van der Waals surface area contributed by atoms with Gasteiger partial charge in [0.1, 0.15) is 11.6 Å². The molecule has 0 aliphatic carbocycles. The second kappa shape index (κ2) is 6.18. The van der Waals surface area contributed by atoms with E-state index in [1.807, 2.05) is 13.8 Å². The van der Waals surface area contributed by atoms with Crippen LogP contribution in [-0.2, 0) is 0 Å². The summed E-state index contributed by atoms with van der Waals surface area (Å²) in [4.78, 5) is 11.5. The van der Waals surface area contributed by atoms with Crippen LogP contribution in [0, 0.1) is 11.6 Å². The summed E-state index contributed by atoms with van der Waals surface area (Å²) in [6.07, 6.45) is 1.61. The van der Waals surface area contributed by atoms with Gasteiger partial charge in [-0.2, -0.15) is 0 Å². The number of urea groups is 1. The zero-order chi connectivity index (χ0) is 12.8. The third-order valence-electron chi connectivity index (χ3n) is 2.44. The zero-order valence-corrected chi connectivity index (χ0v) is 9.89. The molecule has 1 rings (SSSR count). The van der Waals surface area contributed by atoms with Crippen molar-refractivity contribution in [3.63, 3.8) is 0 Å². The molecule has 0 unspecified atom stereocenters. The molecule has 0 fully saturated rings. The van der Waals surface area contributed by atoms with E-state index in [0.29, 0.717) is 0 Å². The number of hydrogen-bond donors (Lipinski definition) is 2. The summed E-state index contributed by atoms with van der Waals surface area (Å²) in [7, 11) is 0. The van der Waals surface area contributed by atoms with Crippen molar-refractivity contribution >= 4 is 11.7 Å². The maximum atomic E-state index is 12.9. The summed E-state index contributed by atoms with van der Waals surface area (Å²) < 4.78 is 25.7. The number of benzene rings is 1. The van der Waals surface area contributed by atoms with Crippen molar-refractivity contribution in [2.75, 3.05) is 5.32 Å². The van der Waals surface area contributed by atoms with Gasteiger partial charge in [0.2, 0.25) is 0 Å². The Hall–Kier alpha value is -1.65. The maximum absolute atomic E-state index is 12.9. The molecule has 0 atom stereocenters. The van der Waals surface area contributed by atoms with Crippen LogP contribution >= 0.6 is 0 Å². The smallest absolute Gasteiger partial charge is 0.319 e. The van der Waals surface area contributed by atoms with Gasteiger partial charge in [-0.1, -0.05) is 13.8 Å². The Bertz CT molecular complexity index is 372. The number of amides is 2. The van der Waals surface area contributed by atoms with Crippen molar-refractivity contribution in [3.05, 3.63) is 29.8 Å². The molecule has 5 heteroatoms. The van der Waals surface area contributed by atoms with Gasteiger partial charge in [0.25, 0.3) is 0 Å². The van der Waals surface area contributed by atoms with Crippen molar-refractivity contribution in [2.24, 2.45) is 0 Å². The summed E-state index contributed by atoms with van der Waals surface area (Å²) in [5.74, 6) is -1.44. The van der Waals surface area contributed by atoms with Crippen LogP contribution in [0.15, 0.2) is 18.2 Å². The van der Waals surface area contributed by atoms with Gasteiger partial charge in [-0.05, 0) is 25.0 Å². The Morgan fingerprint density at radius 2 is 1.71 bits per heavy atom. The van der Waals surface area contributed by atoms with Crippen molar-refractivity contribution in [3.8, 4) is 0 Å². The lowest BCUT2D eigenvalue weighted by molar-refractivity contribution is 0.247. The Balaban J connectivity index is 2.61. The third-order valence-corrected chi connectivity index (χ3v) is 2.44. The van der Waals surface area contributed by atoms with Crippen molar-refractivity contribution in [1.29, 1.82) is 0 Å². The summed E-state index contributed by atoms with van der Waals surface area (Å²) in [6, 6.07) is 2.49. The topological polar surface area (TPSA) is 41.1 Å². The van der Waals surface area contributed by atoms with Crippen LogP contribution in [0.2, 0.25) is 0 Å². The minimum Gasteiger partial charge on any atom is -0.335 e. The van der Waals surface area contributed by atoms with E-state index in [1.54, 1.807) is 0 Å². The number of carbonyl (C=O) groups excluding carboxylic acids is 1. The monoisotopic (exact) mass is 242 g/mol. The van der Waals surface area contributed by atoms with E-state index in [1.165, 1.54) is 0 Å². The first kappa shape index (κ1) is 13.4. The van der Waals surface area contributed by atoms with Gasteiger partial charge in [0.05, 0.1) is 0 Å². The zero-order valence-electron chi connectivity index (χ0n) is 9.89. The Labute approximate surface area is 99.2 Å². The average molecular weight is 242 g/mol. The van der Waals surface area contributed by atoms with Crippen molar-refractivity contribution in [1.82, 2.24) is 5.32 Å². The molecule has 94 valence electrons. The van der Waals surface area contributed by atoms with E-state index in [2.05, 4.69) is 10.6 Å². The molecule has 0 saturated carbocycles. The van der Waals surface area contributed by atoms with Crippen LogP contribution in [0.4, 0.5) is 19.3 Å². The molecule has 0 radical (unpaired) electrons. The minimum atomic E-state index is -0.720. The first-order valence-corrected chi connectivity index (χ1v) is 5.58. The normalized spacial score (nSPS) is 10.4. The number of anilines is 1. The fourth-order valence-corrected chi connectivity index (χ4v) is 1.47. The summed E-state index contributed by atoms with van der Waals surface area (Å²) in [6.45, 7) is 3.91. The largest absolute Gasteiger partial charge is 0.335 e. The van der Waals surface area contributed by atoms with Gasteiger partial charge in [0.15, 0.2) is 0 Å². The highest BCUT2D eigenvalue weighted by Gasteiger charge is 2.09. The summed E-state index contributed by atoms with van der Waals surface area (Å²) >= 11 is 0. The highest BCUT2D eigenvalue weighted by molar-refractivity contribution is 5.89. The van der Waals surface area contributed by atoms with Gasteiger partial charge < -0.3 is 10.6 Å². The van der Waals surface area contributed by atoms with Crippen LogP contribution in [0.25, 0.3) is 0 Å². The van der Waals surface area contributed by atoms with Crippen LogP contribution in [-0.4, -0.2) is 12.1 Å². The van der Waals surface area contributed by atoms with Crippen LogP contribution in [0.3, 0.4) is 0 Å². The number of carbonyl (C=O) groups is 1. The van der Waals surface area contributed by atoms with E-state index in [4.69, 9.17) is 0 Å².